The van der Waals surface area contributed by atoms with E-state index in [-0.39, 0.29) is 18.7 Å². The number of nitrogens with one attached hydrogen (secondary N) is 2. The second-order valence-electron chi connectivity index (χ2n) is 4.74. The highest BCUT2D eigenvalue weighted by Crippen LogP contribution is 2.07. The Balaban J connectivity index is 1.74. The molecular formula is C15H17N3O3. The normalized spacial score (nSPS) is 10.2. The van der Waals surface area contributed by atoms with Crippen LogP contribution in [0, 0.1) is 13.8 Å². The minimum Gasteiger partial charge on any atom is -0.360 e. The first-order valence-corrected chi connectivity index (χ1v) is 6.62. The van der Waals surface area contributed by atoms with Crippen LogP contribution < -0.4 is 10.6 Å². The molecule has 0 aliphatic heterocycles. The summed E-state index contributed by atoms with van der Waals surface area (Å²) in [6.07, 6.45) is 0.244. The smallest absolute Gasteiger partial charge is 0.320 e. The van der Waals surface area contributed by atoms with Crippen molar-refractivity contribution in [2.24, 2.45) is 0 Å². The van der Waals surface area contributed by atoms with Crippen LogP contribution in [0.3, 0.4) is 0 Å². The lowest BCUT2D eigenvalue weighted by Gasteiger charge is -2.05. The maximum Gasteiger partial charge on any atom is 0.320 e. The summed E-state index contributed by atoms with van der Waals surface area (Å²) in [6, 6.07) is 8.55. The van der Waals surface area contributed by atoms with E-state index in [1.807, 2.05) is 19.1 Å². The molecule has 1 aromatic carbocycles. The molecule has 110 valence electrons. The zero-order chi connectivity index (χ0) is 15.2. The molecule has 2 aromatic rings. The predicted octanol–water partition coefficient (Wildman–Crippen LogP) is 2.69. The molecule has 1 heterocycles. The van der Waals surface area contributed by atoms with Crippen LogP contribution in [0.1, 0.15) is 28.1 Å². The Morgan fingerprint density at radius 1 is 1.19 bits per heavy atom. The van der Waals surface area contributed by atoms with Gasteiger partial charge in [0.25, 0.3) is 0 Å². The topological polar surface area (TPSA) is 84.2 Å². The molecule has 0 saturated carbocycles. The summed E-state index contributed by atoms with van der Waals surface area (Å²) < 4.78 is 4.83. The number of carbonyl (C=O) groups excluding carboxylic acids is 2. The first-order valence-electron chi connectivity index (χ1n) is 6.62. The minimum absolute atomic E-state index is 0.00687. The number of ketones is 1. The zero-order valence-corrected chi connectivity index (χ0v) is 12.0. The Hall–Kier alpha value is -2.63. The average molecular weight is 287 g/mol. The molecule has 0 spiro atoms. The van der Waals surface area contributed by atoms with Crippen LogP contribution in [0.15, 0.2) is 34.9 Å². The lowest BCUT2D eigenvalue weighted by atomic mass is 10.1. The van der Waals surface area contributed by atoms with Crippen LogP contribution in [0.2, 0.25) is 0 Å². The van der Waals surface area contributed by atoms with Crippen molar-refractivity contribution in [2.75, 3.05) is 11.9 Å². The third kappa shape index (κ3) is 4.45. The van der Waals surface area contributed by atoms with Gasteiger partial charge in [-0.15, -0.1) is 0 Å². The first kappa shape index (κ1) is 14.8. The molecule has 1 aromatic heterocycles. The molecule has 0 saturated heterocycles. The van der Waals surface area contributed by atoms with E-state index in [1.54, 1.807) is 25.1 Å². The first-order chi connectivity index (χ1) is 10.0. The van der Waals surface area contributed by atoms with Gasteiger partial charge in [0.15, 0.2) is 11.6 Å². The Morgan fingerprint density at radius 2 is 1.90 bits per heavy atom. The van der Waals surface area contributed by atoms with Gasteiger partial charge >= 0.3 is 6.03 Å². The molecule has 6 nitrogen and oxygen atoms in total. The number of hydrogen-bond donors (Lipinski definition) is 2. The number of carbonyl (C=O) groups is 2. The van der Waals surface area contributed by atoms with E-state index in [0.717, 1.165) is 5.56 Å². The van der Waals surface area contributed by atoms with E-state index in [4.69, 9.17) is 4.52 Å². The number of aryl methyl sites for hydroxylation is 2. The molecule has 0 unspecified atom stereocenters. The highest BCUT2D eigenvalue weighted by atomic mass is 16.5. The lowest BCUT2D eigenvalue weighted by molar-refractivity contribution is 0.0983. The molecular weight excluding hydrogens is 270 g/mol. The maximum absolute atomic E-state index is 11.9. The largest absolute Gasteiger partial charge is 0.360 e. The molecule has 21 heavy (non-hydrogen) atoms. The Kier molecular flexibility index (Phi) is 4.71. The molecule has 0 radical (unpaired) electrons. The fourth-order valence-corrected chi connectivity index (χ4v) is 1.76. The van der Waals surface area contributed by atoms with Gasteiger partial charge in [-0.05, 0) is 13.8 Å². The number of aromatic nitrogens is 1. The van der Waals surface area contributed by atoms with Crippen LogP contribution in [0.25, 0.3) is 0 Å². The van der Waals surface area contributed by atoms with E-state index in [1.165, 1.54) is 0 Å². The van der Waals surface area contributed by atoms with Gasteiger partial charge in [0.1, 0.15) is 5.76 Å². The molecule has 2 rings (SSSR count). The number of amides is 2. The minimum atomic E-state index is -0.417. The van der Waals surface area contributed by atoms with Gasteiger partial charge in [-0.25, -0.2) is 4.79 Å². The van der Waals surface area contributed by atoms with Crippen LogP contribution in [0.5, 0.6) is 0 Å². The number of nitrogens with zero attached hydrogens (tertiary/aromatic N) is 1. The number of Topliss-reactive ketones (excluding diaryl/α,β-unsaturated/α-hetero) is 1. The van der Waals surface area contributed by atoms with E-state index >= 15 is 0 Å². The number of urea groups is 1. The quantitative estimate of drug-likeness (QED) is 0.828. The van der Waals surface area contributed by atoms with Crippen LogP contribution in [0.4, 0.5) is 10.6 Å². The maximum atomic E-state index is 11.9. The van der Waals surface area contributed by atoms with Crippen LogP contribution in [-0.2, 0) is 0 Å². The van der Waals surface area contributed by atoms with Crippen LogP contribution in [-0.4, -0.2) is 23.5 Å². The standard InChI is InChI=1S/C15H17N3O3/c1-10-3-5-12(6-4-10)13(19)7-8-16-15(20)17-14-9-11(2)21-18-14/h3-6,9H,7-8H2,1-2H3,(H2,16,17,18,20). The van der Waals surface area contributed by atoms with Crippen molar-refractivity contribution >= 4 is 17.6 Å². The zero-order valence-electron chi connectivity index (χ0n) is 12.0. The van der Waals surface area contributed by atoms with Crippen molar-refractivity contribution in [3.05, 3.63) is 47.2 Å². The molecule has 0 atom stereocenters. The lowest BCUT2D eigenvalue weighted by Crippen LogP contribution is -2.30. The highest BCUT2D eigenvalue weighted by molar-refractivity contribution is 5.96. The summed E-state index contributed by atoms with van der Waals surface area (Å²) in [5.74, 6) is 0.947. The SMILES string of the molecule is Cc1ccc(C(=O)CCNC(=O)Nc2cc(C)on2)cc1. The number of benzene rings is 1. The average Bonchev–Trinajstić information content (AvgIpc) is 2.84. The second-order valence-corrected chi connectivity index (χ2v) is 4.74. The van der Waals surface area contributed by atoms with Gasteiger partial charge in [0, 0.05) is 24.6 Å². The fraction of sp³-hybridized carbons (Fsp3) is 0.267. The van der Waals surface area contributed by atoms with Crippen molar-refractivity contribution in [2.45, 2.75) is 20.3 Å². The summed E-state index contributed by atoms with van der Waals surface area (Å²) in [5.41, 5.74) is 1.75. The summed E-state index contributed by atoms with van der Waals surface area (Å²) in [7, 11) is 0. The van der Waals surface area contributed by atoms with Crippen molar-refractivity contribution < 1.29 is 14.1 Å². The van der Waals surface area contributed by atoms with Gasteiger partial charge in [-0.2, -0.15) is 0 Å². The van der Waals surface area contributed by atoms with Gasteiger partial charge < -0.3 is 9.84 Å². The Morgan fingerprint density at radius 3 is 2.52 bits per heavy atom. The predicted molar refractivity (Wildman–Crippen MR) is 78.4 cm³/mol. The molecule has 0 fully saturated rings. The van der Waals surface area contributed by atoms with E-state index in [2.05, 4.69) is 15.8 Å². The van der Waals surface area contributed by atoms with E-state index in [9.17, 15) is 9.59 Å². The van der Waals surface area contributed by atoms with E-state index < -0.39 is 6.03 Å². The van der Waals surface area contributed by atoms with Gasteiger partial charge in [0.05, 0.1) is 0 Å². The van der Waals surface area contributed by atoms with Gasteiger partial charge in [-0.1, -0.05) is 35.0 Å². The number of anilines is 1. The Labute approximate surface area is 122 Å². The van der Waals surface area contributed by atoms with Crippen molar-refractivity contribution in [3.63, 3.8) is 0 Å². The molecule has 2 amide bonds. The van der Waals surface area contributed by atoms with E-state index in [0.29, 0.717) is 17.1 Å². The van der Waals surface area contributed by atoms with Gasteiger partial charge in [-0.3, -0.25) is 10.1 Å². The van der Waals surface area contributed by atoms with Gasteiger partial charge in [0.2, 0.25) is 0 Å². The molecule has 0 aliphatic carbocycles. The highest BCUT2D eigenvalue weighted by Gasteiger charge is 2.08. The third-order valence-corrected chi connectivity index (χ3v) is 2.88. The monoisotopic (exact) mass is 287 g/mol. The molecule has 0 aliphatic rings. The fourth-order valence-electron chi connectivity index (χ4n) is 1.76. The molecule has 0 bridgehead atoms. The number of hydrogen-bond acceptors (Lipinski definition) is 4. The summed E-state index contributed by atoms with van der Waals surface area (Å²) >= 11 is 0. The summed E-state index contributed by atoms with van der Waals surface area (Å²) in [5, 5.41) is 8.76. The van der Waals surface area contributed by atoms with Crippen LogP contribution >= 0.6 is 0 Å². The molecule has 2 N–H and O–H groups in total. The number of rotatable bonds is 5. The summed E-state index contributed by atoms with van der Waals surface area (Å²) in [4.78, 5) is 23.5. The summed E-state index contributed by atoms with van der Waals surface area (Å²) in [6.45, 7) is 3.96. The van der Waals surface area contributed by atoms with Crippen molar-refractivity contribution in [3.8, 4) is 0 Å². The Bertz CT molecular complexity index is 632. The third-order valence-electron chi connectivity index (χ3n) is 2.88. The van der Waals surface area contributed by atoms with Crippen molar-refractivity contribution in [1.29, 1.82) is 0 Å². The molecule has 6 heteroatoms. The van der Waals surface area contributed by atoms with Crippen molar-refractivity contribution in [1.82, 2.24) is 10.5 Å². The second kappa shape index (κ2) is 6.69.